The fourth-order valence-corrected chi connectivity index (χ4v) is 5.04. The molecule has 0 bridgehead atoms. The second-order valence-electron chi connectivity index (χ2n) is 8.51. The summed E-state index contributed by atoms with van der Waals surface area (Å²) in [6.07, 6.45) is 12.2. The largest absolute Gasteiger partial charge is 0.393 e. The van der Waals surface area contributed by atoms with E-state index >= 15 is 0 Å². The number of likely N-dealkylation sites (tertiary alicyclic amines) is 1. The number of piperidine rings is 1. The summed E-state index contributed by atoms with van der Waals surface area (Å²) >= 11 is 0. The zero-order chi connectivity index (χ0) is 20.5. The molecule has 4 heterocycles. The number of amides is 1. The van der Waals surface area contributed by atoms with Crippen molar-refractivity contribution in [1.82, 2.24) is 19.8 Å². The fraction of sp³-hybridized carbons (Fsp3) is 0.417. The number of imidazole rings is 1. The van der Waals surface area contributed by atoms with Crippen molar-refractivity contribution in [3.8, 4) is 11.3 Å². The summed E-state index contributed by atoms with van der Waals surface area (Å²) in [7, 11) is 0. The number of aliphatic hydroxyl groups excluding tert-OH is 1. The van der Waals surface area contributed by atoms with Crippen LogP contribution in [0.15, 0.2) is 60.7 Å². The monoisotopic (exact) mass is 404 g/mol. The lowest BCUT2D eigenvalue weighted by Gasteiger charge is -2.35. The molecule has 1 saturated heterocycles. The molecule has 0 aliphatic carbocycles. The topological polar surface area (TPSA) is 70.4 Å². The summed E-state index contributed by atoms with van der Waals surface area (Å²) in [6.45, 7) is 2.25. The highest BCUT2D eigenvalue weighted by atomic mass is 16.3. The molecule has 6 nitrogen and oxygen atoms in total. The Bertz CT molecular complexity index is 985. The number of allylic oxidation sites excluding steroid dienone is 1. The fourth-order valence-electron chi connectivity index (χ4n) is 5.04. The first-order valence-electron chi connectivity index (χ1n) is 10.9. The standard InChI is InChI=1S/C24H28N4O2/c29-23(14-21-19-3-1-2-4-20(19)22-15-26-16-28(21)22)18-7-11-27(12-8-18)24(30)13-17-5-9-25-10-6-17/h1-6,9,15-16,18,21,23,25,29H,7-8,10-14H2. The lowest BCUT2D eigenvalue weighted by atomic mass is 9.86. The second-order valence-corrected chi connectivity index (χ2v) is 8.51. The Hall–Kier alpha value is -2.86. The molecule has 1 aromatic carbocycles. The second kappa shape index (κ2) is 8.11. The van der Waals surface area contributed by atoms with Gasteiger partial charge in [0.25, 0.3) is 0 Å². The highest BCUT2D eigenvalue weighted by molar-refractivity contribution is 5.79. The third kappa shape index (κ3) is 3.56. The number of benzene rings is 1. The Labute approximate surface area is 176 Å². The molecule has 2 N–H and O–H groups in total. The van der Waals surface area contributed by atoms with E-state index in [1.807, 2.05) is 29.7 Å². The number of carbonyl (C=O) groups excluding carboxylic acids is 1. The van der Waals surface area contributed by atoms with Gasteiger partial charge in [-0.1, -0.05) is 30.3 Å². The van der Waals surface area contributed by atoms with Gasteiger partial charge in [-0.25, -0.2) is 4.98 Å². The quantitative estimate of drug-likeness (QED) is 0.804. The predicted octanol–water partition coefficient (Wildman–Crippen LogP) is 2.88. The lowest BCUT2D eigenvalue weighted by Crippen LogP contribution is -2.41. The van der Waals surface area contributed by atoms with E-state index in [0.717, 1.165) is 43.7 Å². The van der Waals surface area contributed by atoms with Crippen LogP contribution in [0.25, 0.3) is 11.3 Å². The molecular formula is C24H28N4O2. The van der Waals surface area contributed by atoms with Gasteiger partial charge in [0, 0.05) is 25.2 Å². The van der Waals surface area contributed by atoms with Gasteiger partial charge in [0.2, 0.25) is 5.91 Å². The van der Waals surface area contributed by atoms with Crippen LogP contribution in [0.2, 0.25) is 0 Å². The molecule has 1 fully saturated rings. The van der Waals surface area contributed by atoms with Gasteiger partial charge >= 0.3 is 0 Å². The van der Waals surface area contributed by atoms with Crippen molar-refractivity contribution in [1.29, 1.82) is 0 Å². The van der Waals surface area contributed by atoms with E-state index in [-0.39, 0.29) is 24.0 Å². The van der Waals surface area contributed by atoms with Crippen molar-refractivity contribution in [2.45, 2.75) is 37.8 Å². The summed E-state index contributed by atoms with van der Waals surface area (Å²) < 4.78 is 2.19. The smallest absolute Gasteiger partial charge is 0.226 e. The Morgan fingerprint density at radius 2 is 2.10 bits per heavy atom. The molecule has 0 radical (unpaired) electrons. The van der Waals surface area contributed by atoms with E-state index in [4.69, 9.17) is 0 Å². The number of nitrogens with zero attached hydrogens (tertiary/aromatic N) is 3. The van der Waals surface area contributed by atoms with Crippen molar-refractivity contribution in [3.63, 3.8) is 0 Å². The number of rotatable bonds is 5. The van der Waals surface area contributed by atoms with Crippen molar-refractivity contribution in [2.75, 3.05) is 19.6 Å². The zero-order valence-corrected chi connectivity index (χ0v) is 17.1. The van der Waals surface area contributed by atoms with Gasteiger partial charge < -0.3 is 19.9 Å². The summed E-state index contributed by atoms with van der Waals surface area (Å²) in [5, 5.41) is 14.2. The van der Waals surface area contributed by atoms with Crippen LogP contribution in [0.1, 0.15) is 37.3 Å². The first-order chi connectivity index (χ1) is 14.7. The van der Waals surface area contributed by atoms with Crippen LogP contribution < -0.4 is 5.32 Å². The zero-order valence-electron chi connectivity index (χ0n) is 17.1. The van der Waals surface area contributed by atoms with Gasteiger partial charge in [0.15, 0.2) is 0 Å². The van der Waals surface area contributed by atoms with Crippen LogP contribution in [0.5, 0.6) is 0 Å². The summed E-state index contributed by atoms with van der Waals surface area (Å²) in [5.41, 5.74) is 4.69. The van der Waals surface area contributed by atoms with E-state index < -0.39 is 0 Å². The molecule has 2 aromatic rings. The number of dihydropyridines is 1. The van der Waals surface area contributed by atoms with E-state index in [1.54, 1.807) is 0 Å². The van der Waals surface area contributed by atoms with Crippen molar-refractivity contribution < 1.29 is 9.90 Å². The van der Waals surface area contributed by atoms with Crippen LogP contribution in [-0.2, 0) is 4.79 Å². The molecule has 1 aromatic heterocycles. The molecule has 3 aliphatic heterocycles. The normalized spacial score (nSPS) is 21.6. The molecule has 2 atom stereocenters. The highest BCUT2D eigenvalue weighted by Gasteiger charge is 2.33. The number of nitrogens with one attached hydrogen (secondary N) is 1. The average molecular weight is 405 g/mol. The number of carbonyl (C=O) groups is 1. The Kier molecular flexibility index (Phi) is 5.17. The summed E-state index contributed by atoms with van der Waals surface area (Å²) in [6, 6.07) is 8.54. The van der Waals surface area contributed by atoms with Crippen molar-refractivity contribution in [2.24, 2.45) is 5.92 Å². The van der Waals surface area contributed by atoms with Gasteiger partial charge in [-0.15, -0.1) is 0 Å². The molecule has 30 heavy (non-hydrogen) atoms. The SMILES string of the molecule is O=C(CC1=CCNC=C1)N1CCC(C(O)CC2c3ccccc3-c3cncn32)CC1. The number of aromatic nitrogens is 2. The van der Waals surface area contributed by atoms with E-state index in [0.29, 0.717) is 12.8 Å². The molecular weight excluding hydrogens is 376 g/mol. The molecule has 6 heteroatoms. The maximum Gasteiger partial charge on any atom is 0.226 e. The van der Waals surface area contributed by atoms with E-state index in [9.17, 15) is 9.90 Å². The first-order valence-corrected chi connectivity index (χ1v) is 10.9. The van der Waals surface area contributed by atoms with E-state index in [1.165, 1.54) is 11.1 Å². The number of hydrogen-bond acceptors (Lipinski definition) is 4. The minimum absolute atomic E-state index is 0.131. The molecule has 1 amide bonds. The Morgan fingerprint density at radius 1 is 1.27 bits per heavy atom. The highest BCUT2D eigenvalue weighted by Crippen LogP contribution is 2.42. The van der Waals surface area contributed by atoms with E-state index in [2.05, 4.69) is 45.2 Å². The Morgan fingerprint density at radius 3 is 2.90 bits per heavy atom. The maximum atomic E-state index is 12.6. The van der Waals surface area contributed by atoms with Gasteiger partial charge in [-0.05, 0) is 48.6 Å². The average Bonchev–Trinajstić information content (AvgIpc) is 3.37. The van der Waals surface area contributed by atoms with Crippen molar-refractivity contribution >= 4 is 5.91 Å². The van der Waals surface area contributed by atoms with Gasteiger partial charge in [0.05, 0.1) is 36.8 Å². The van der Waals surface area contributed by atoms with Gasteiger partial charge in [-0.2, -0.15) is 0 Å². The number of hydrogen-bond donors (Lipinski definition) is 2. The van der Waals surface area contributed by atoms with Crippen LogP contribution in [-0.4, -0.2) is 51.2 Å². The van der Waals surface area contributed by atoms with Gasteiger partial charge in [0.1, 0.15) is 0 Å². The van der Waals surface area contributed by atoms with Crippen LogP contribution in [0.3, 0.4) is 0 Å². The summed E-state index contributed by atoms with van der Waals surface area (Å²) in [5.74, 6) is 0.417. The van der Waals surface area contributed by atoms with Gasteiger partial charge in [-0.3, -0.25) is 4.79 Å². The minimum Gasteiger partial charge on any atom is -0.393 e. The molecule has 156 valence electrons. The predicted molar refractivity (Wildman–Crippen MR) is 116 cm³/mol. The number of fused-ring (bicyclic) bond motifs is 3. The molecule has 0 saturated carbocycles. The minimum atomic E-state index is -0.385. The molecule has 2 unspecified atom stereocenters. The maximum absolute atomic E-state index is 12.6. The van der Waals surface area contributed by atoms with Crippen LogP contribution >= 0.6 is 0 Å². The first kappa shape index (κ1) is 19.1. The Balaban J connectivity index is 1.19. The molecule has 0 spiro atoms. The van der Waals surface area contributed by atoms with Crippen LogP contribution in [0.4, 0.5) is 0 Å². The van der Waals surface area contributed by atoms with Crippen LogP contribution in [0, 0.1) is 5.92 Å². The number of aliphatic hydroxyl groups is 1. The third-order valence-electron chi connectivity index (χ3n) is 6.75. The molecule has 3 aliphatic rings. The summed E-state index contributed by atoms with van der Waals surface area (Å²) in [4.78, 5) is 18.9. The third-order valence-corrected chi connectivity index (χ3v) is 6.75. The lowest BCUT2D eigenvalue weighted by molar-refractivity contribution is -0.132. The van der Waals surface area contributed by atoms with Crippen molar-refractivity contribution in [3.05, 3.63) is 66.3 Å². The molecule has 5 rings (SSSR count).